The molecule has 1 amide bonds. The zero-order chi connectivity index (χ0) is 16.7. The van der Waals surface area contributed by atoms with Gasteiger partial charge in [-0.1, -0.05) is 42.0 Å². The molecule has 2 N–H and O–H groups in total. The Morgan fingerprint density at radius 2 is 1.87 bits per heavy atom. The summed E-state index contributed by atoms with van der Waals surface area (Å²) >= 11 is 0. The predicted molar refractivity (Wildman–Crippen MR) is 90.2 cm³/mol. The minimum atomic E-state index is -0.0671. The van der Waals surface area contributed by atoms with E-state index in [4.69, 9.17) is 4.74 Å². The molecule has 0 heterocycles. The maximum atomic E-state index is 11.9. The summed E-state index contributed by atoms with van der Waals surface area (Å²) in [6.07, 6.45) is 0.300. The van der Waals surface area contributed by atoms with Gasteiger partial charge in [-0.2, -0.15) is 0 Å². The second-order valence-corrected chi connectivity index (χ2v) is 5.57. The molecule has 0 spiro atoms. The number of aliphatic hydroxyl groups excluding tert-OH is 1. The van der Waals surface area contributed by atoms with Crippen LogP contribution in [-0.2, 0) is 17.9 Å². The van der Waals surface area contributed by atoms with Crippen LogP contribution in [0.2, 0.25) is 0 Å². The molecule has 0 aromatic heterocycles. The van der Waals surface area contributed by atoms with E-state index in [0.29, 0.717) is 19.6 Å². The quantitative estimate of drug-likeness (QED) is 0.826. The first-order valence-corrected chi connectivity index (χ1v) is 7.74. The third-order valence-corrected chi connectivity index (χ3v) is 3.68. The van der Waals surface area contributed by atoms with Gasteiger partial charge in [-0.3, -0.25) is 4.79 Å². The summed E-state index contributed by atoms with van der Waals surface area (Å²) in [5, 5.41) is 12.1. The van der Waals surface area contributed by atoms with Crippen LogP contribution in [0.5, 0.6) is 5.75 Å². The van der Waals surface area contributed by atoms with Crippen molar-refractivity contribution in [2.24, 2.45) is 0 Å². The Morgan fingerprint density at radius 1 is 1.13 bits per heavy atom. The molecule has 0 unspecified atom stereocenters. The molecule has 0 aliphatic heterocycles. The zero-order valence-electron chi connectivity index (χ0n) is 13.6. The van der Waals surface area contributed by atoms with Crippen molar-refractivity contribution >= 4 is 5.91 Å². The van der Waals surface area contributed by atoms with Gasteiger partial charge in [0.1, 0.15) is 5.75 Å². The Bertz CT molecular complexity index is 667. The summed E-state index contributed by atoms with van der Waals surface area (Å²) in [7, 11) is 0. The van der Waals surface area contributed by atoms with Crippen LogP contribution in [0.15, 0.2) is 42.5 Å². The van der Waals surface area contributed by atoms with Gasteiger partial charge in [-0.15, -0.1) is 0 Å². The van der Waals surface area contributed by atoms with Gasteiger partial charge >= 0.3 is 0 Å². The number of carbonyl (C=O) groups is 1. The van der Waals surface area contributed by atoms with Crippen molar-refractivity contribution < 1.29 is 14.6 Å². The molecule has 0 aliphatic rings. The molecule has 2 aromatic rings. The summed E-state index contributed by atoms with van der Waals surface area (Å²) in [5.41, 5.74) is 4.02. The van der Waals surface area contributed by atoms with Crippen LogP contribution in [0, 0.1) is 13.8 Å². The maximum Gasteiger partial charge on any atom is 0.223 e. The molecule has 0 bridgehead atoms. The number of ether oxygens (including phenoxy) is 1. The van der Waals surface area contributed by atoms with Gasteiger partial charge in [0.15, 0.2) is 0 Å². The third kappa shape index (κ3) is 5.11. The SMILES string of the molecule is Cc1ccc(OCCC(=O)NCc2ccccc2CO)c(C)c1. The fourth-order valence-electron chi connectivity index (χ4n) is 2.38. The average molecular weight is 313 g/mol. The van der Waals surface area contributed by atoms with E-state index < -0.39 is 0 Å². The summed E-state index contributed by atoms with van der Waals surface area (Å²) in [5.74, 6) is 0.747. The molecular formula is C19H23NO3. The molecule has 0 fully saturated rings. The fourth-order valence-corrected chi connectivity index (χ4v) is 2.38. The Hall–Kier alpha value is -2.33. The fraction of sp³-hybridized carbons (Fsp3) is 0.316. The number of hydrogen-bond acceptors (Lipinski definition) is 3. The van der Waals surface area contributed by atoms with E-state index in [1.807, 2.05) is 50.2 Å². The lowest BCUT2D eigenvalue weighted by Crippen LogP contribution is -2.25. The van der Waals surface area contributed by atoms with Crippen molar-refractivity contribution in [1.82, 2.24) is 5.32 Å². The molecule has 2 rings (SSSR count). The summed E-state index contributed by atoms with van der Waals surface area (Å²) in [4.78, 5) is 11.9. The molecule has 0 radical (unpaired) electrons. The van der Waals surface area contributed by atoms with E-state index in [1.54, 1.807) is 0 Å². The van der Waals surface area contributed by atoms with Crippen LogP contribution < -0.4 is 10.1 Å². The Kier molecular flexibility index (Phi) is 6.18. The number of aliphatic hydroxyl groups is 1. The minimum Gasteiger partial charge on any atom is -0.493 e. The molecule has 0 saturated carbocycles. The molecular weight excluding hydrogens is 290 g/mol. The van der Waals surface area contributed by atoms with Gasteiger partial charge in [0.25, 0.3) is 0 Å². The van der Waals surface area contributed by atoms with E-state index in [0.717, 1.165) is 22.4 Å². The zero-order valence-corrected chi connectivity index (χ0v) is 13.6. The number of aryl methyl sites for hydroxylation is 2. The van der Waals surface area contributed by atoms with Gasteiger partial charge in [0.2, 0.25) is 5.91 Å². The lowest BCUT2D eigenvalue weighted by atomic mass is 10.1. The summed E-state index contributed by atoms with van der Waals surface area (Å²) in [6, 6.07) is 13.5. The highest BCUT2D eigenvalue weighted by Gasteiger charge is 2.06. The van der Waals surface area contributed by atoms with Gasteiger partial charge in [-0.05, 0) is 36.6 Å². The van der Waals surface area contributed by atoms with E-state index in [9.17, 15) is 9.90 Å². The normalized spacial score (nSPS) is 10.4. The van der Waals surface area contributed by atoms with Crippen LogP contribution in [0.3, 0.4) is 0 Å². The standard InChI is InChI=1S/C19H23NO3/c1-14-7-8-18(15(2)11-14)23-10-9-19(22)20-12-16-5-3-4-6-17(16)13-21/h3-8,11,21H,9-10,12-13H2,1-2H3,(H,20,22). The average Bonchev–Trinajstić information content (AvgIpc) is 2.55. The first-order valence-electron chi connectivity index (χ1n) is 7.74. The van der Waals surface area contributed by atoms with Crippen molar-refractivity contribution in [2.45, 2.75) is 33.4 Å². The molecule has 0 aliphatic carbocycles. The monoisotopic (exact) mass is 313 g/mol. The number of carbonyl (C=O) groups excluding carboxylic acids is 1. The number of rotatable bonds is 7. The largest absolute Gasteiger partial charge is 0.493 e. The first-order chi connectivity index (χ1) is 11.1. The van der Waals surface area contributed by atoms with Crippen LogP contribution in [0.4, 0.5) is 0 Å². The van der Waals surface area contributed by atoms with Crippen molar-refractivity contribution in [3.63, 3.8) is 0 Å². The number of benzene rings is 2. The van der Waals surface area contributed by atoms with E-state index >= 15 is 0 Å². The lowest BCUT2D eigenvalue weighted by molar-refractivity contribution is -0.121. The van der Waals surface area contributed by atoms with Gasteiger partial charge in [0.05, 0.1) is 19.6 Å². The highest BCUT2D eigenvalue weighted by Crippen LogP contribution is 2.18. The van der Waals surface area contributed by atoms with Crippen LogP contribution in [-0.4, -0.2) is 17.6 Å². The van der Waals surface area contributed by atoms with Gasteiger partial charge in [0, 0.05) is 6.54 Å². The van der Waals surface area contributed by atoms with Crippen LogP contribution in [0.1, 0.15) is 28.7 Å². The highest BCUT2D eigenvalue weighted by molar-refractivity contribution is 5.76. The highest BCUT2D eigenvalue weighted by atomic mass is 16.5. The molecule has 2 aromatic carbocycles. The first kappa shape index (κ1) is 17.0. The van der Waals surface area contributed by atoms with E-state index in [2.05, 4.69) is 11.4 Å². The second kappa shape index (κ2) is 8.34. The number of amides is 1. The van der Waals surface area contributed by atoms with Crippen LogP contribution >= 0.6 is 0 Å². The van der Waals surface area contributed by atoms with Crippen molar-refractivity contribution in [2.75, 3.05) is 6.61 Å². The topological polar surface area (TPSA) is 58.6 Å². The number of nitrogens with one attached hydrogen (secondary N) is 1. The van der Waals surface area contributed by atoms with Crippen molar-refractivity contribution in [3.8, 4) is 5.75 Å². The van der Waals surface area contributed by atoms with E-state index in [-0.39, 0.29) is 12.5 Å². The molecule has 122 valence electrons. The smallest absolute Gasteiger partial charge is 0.223 e. The van der Waals surface area contributed by atoms with Crippen molar-refractivity contribution in [1.29, 1.82) is 0 Å². The maximum absolute atomic E-state index is 11.9. The summed E-state index contributed by atoms with van der Waals surface area (Å²) in [6.45, 7) is 4.76. The van der Waals surface area contributed by atoms with Crippen LogP contribution in [0.25, 0.3) is 0 Å². The Morgan fingerprint density at radius 3 is 2.57 bits per heavy atom. The third-order valence-electron chi connectivity index (χ3n) is 3.68. The second-order valence-electron chi connectivity index (χ2n) is 5.57. The summed E-state index contributed by atoms with van der Waals surface area (Å²) < 4.78 is 5.66. The molecule has 0 saturated heterocycles. The lowest BCUT2D eigenvalue weighted by Gasteiger charge is -2.11. The molecule has 4 nitrogen and oxygen atoms in total. The van der Waals surface area contributed by atoms with E-state index in [1.165, 1.54) is 5.56 Å². The van der Waals surface area contributed by atoms with Crippen molar-refractivity contribution in [3.05, 3.63) is 64.7 Å². The molecule has 0 atom stereocenters. The molecule has 23 heavy (non-hydrogen) atoms. The Labute approximate surface area is 137 Å². The predicted octanol–water partition coefficient (Wildman–Crippen LogP) is 2.88. The van der Waals surface area contributed by atoms with Gasteiger partial charge < -0.3 is 15.2 Å². The molecule has 4 heteroatoms. The minimum absolute atomic E-state index is 0.0259. The Balaban J connectivity index is 1.77. The van der Waals surface area contributed by atoms with Gasteiger partial charge in [-0.25, -0.2) is 0 Å². The number of hydrogen-bond donors (Lipinski definition) is 2.